The van der Waals surface area contributed by atoms with Crippen LogP contribution in [0, 0.1) is 6.92 Å². The summed E-state index contributed by atoms with van der Waals surface area (Å²) in [6.45, 7) is 2.06. The number of thiazole rings is 1. The molecule has 1 saturated heterocycles. The van der Waals surface area contributed by atoms with Gasteiger partial charge in [0.1, 0.15) is 11.0 Å². The van der Waals surface area contributed by atoms with Crippen LogP contribution in [0.15, 0.2) is 60.0 Å². The Morgan fingerprint density at radius 1 is 1.06 bits per heavy atom. The van der Waals surface area contributed by atoms with Crippen LogP contribution in [0.25, 0.3) is 20.8 Å². The molecule has 1 atom stereocenters. The Labute approximate surface area is 217 Å². The summed E-state index contributed by atoms with van der Waals surface area (Å²) < 4.78 is 1.13. The van der Waals surface area contributed by atoms with Gasteiger partial charge >= 0.3 is 0 Å². The first kappa shape index (κ1) is 23.1. The minimum atomic E-state index is -0.762. The van der Waals surface area contributed by atoms with Crippen LogP contribution < -0.4 is 4.90 Å². The zero-order valence-corrected chi connectivity index (χ0v) is 21.5. The Hall–Kier alpha value is -3.36. The Balaban J connectivity index is 1.27. The maximum absolute atomic E-state index is 13.6. The van der Waals surface area contributed by atoms with Crippen LogP contribution >= 0.6 is 22.7 Å². The van der Waals surface area contributed by atoms with Gasteiger partial charge in [0.05, 0.1) is 27.2 Å². The number of imide groups is 1. The highest BCUT2D eigenvalue weighted by Crippen LogP contribution is 2.35. The normalized spacial score (nSPS) is 18.5. The van der Waals surface area contributed by atoms with Gasteiger partial charge in [-0.05, 0) is 73.2 Å². The van der Waals surface area contributed by atoms with Crippen molar-refractivity contribution in [1.29, 1.82) is 0 Å². The average Bonchev–Trinajstić information content (AvgIpc) is 3.68. The first-order chi connectivity index (χ1) is 17.5. The summed E-state index contributed by atoms with van der Waals surface area (Å²) in [5.41, 5.74) is 3.62. The Bertz CT molecular complexity index is 1450. The number of hydrogen-bond acceptors (Lipinski definition) is 6. The molecule has 2 fully saturated rings. The Morgan fingerprint density at radius 3 is 2.56 bits per heavy atom. The van der Waals surface area contributed by atoms with Gasteiger partial charge in [-0.2, -0.15) is 0 Å². The largest absolute Gasteiger partial charge is 0.322 e. The third-order valence-corrected chi connectivity index (χ3v) is 8.98. The molecule has 4 aromatic rings. The number of nitrogens with zero attached hydrogens (tertiary/aromatic N) is 3. The van der Waals surface area contributed by atoms with Crippen molar-refractivity contribution in [3.63, 3.8) is 0 Å². The molecule has 1 aliphatic heterocycles. The summed E-state index contributed by atoms with van der Waals surface area (Å²) in [7, 11) is 0. The monoisotopic (exact) mass is 515 g/mol. The molecule has 2 aromatic carbocycles. The van der Waals surface area contributed by atoms with Crippen LogP contribution in [-0.4, -0.2) is 39.7 Å². The standard InChI is InChI=1S/C28H25N3O3S2/c1-17-8-13-21-24(15-17)36-26(29-21)18-9-11-20(12-10-18)31-25(32)16-22(27(31)33)30(19-5-2-3-6-19)28(34)23-7-4-14-35-23/h4,7-15,19,22H,2-3,5-6,16H2,1H3. The number of carbonyl (C=O) groups is 3. The SMILES string of the molecule is Cc1ccc2nc(-c3ccc(N4C(=O)CC(N(C(=O)c5cccs5)C5CCCC5)C4=O)cc3)sc2c1. The second-order valence-electron chi connectivity index (χ2n) is 9.45. The number of aromatic nitrogens is 1. The second kappa shape index (κ2) is 9.26. The van der Waals surface area contributed by atoms with Crippen molar-refractivity contribution in [2.24, 2.45) is 0 Å². The zero-order chi connectivity index (χ0) is 24.8. The molecule has 0 bridgehead atoms. The molecule has 0 N–H and O–H groups in total. The molecule has 6 nitrogen and oxygen atoms in total. The van der Waals surface area contributed by atoms with Crippen LogP contribution in [0.2, 0.25) is 0 Å². The first-order valence-corrected chi connectivity index (χ1v) is 13.9. The van der Waals surface area contributed by atoms with E-state index in [0.29, 0.717) is 10.6 Å². The molecule has 1 aliphatic carbocycles. The predicted octanol–water partition coefficient (Wildman–Crippen LogP) is 6.05. The third kappa shape index (κ3) is 4.04. The summed E-state index contributed by atoms with van der Waals surface area (Å²) >= 11 is 2.99. The van der Waals surface area contributed by atoms with E-state index in [0.717, 1.165) is 46.5 Å². The quantitative estimate of drug-likeness (QED) is 0.303. The molecule has 6 rings (SSSR count). The van der Waals surface area contributed by atoms with Crippen molar-refractivity contribution < 1.29 is 14.4 Å². The maximum atomic E-state index is 13.6. The molecule has 2 aromatic heterocycles. The number of carbonyl (C=O) groups excluding carboxylic acids is 3. The van der Waals surface area contributed by atoms with E-state index in [2.05, 4.69) is 13.0 Å². The number of anilines is 1. The number of amides is 3. The third-order valence-electron chi connectivity index (χ3n) is 7.06. The van der Waals surface area contributed by atoms with E-state index in [1.165, 1.54) is 21.8 Å². The predicted molar refractivity (Wildman–Crippen MR) is 143 cm³/mol. The molecule has 36 heavy (non-hydrogen) atoms. The molecule has 182 valence electrons. The smallest absolute Gasteiger partial charge is 0.264 e. The van der Waals surface area contributed by atoms with E-state index >= 15 is 0 Å². The highest BCUT2D eigenvalue weighted by atomic mass is 32.1. The molecule has 0 radical (unpaired) electrons. The average molecular weight is 516 g/mol. The number of aryl methyl sites for hydroxylation is 1. The van der Waals surface area contributed by atoms with E-state index in [1.54, 1.807) is 34.4 Å². The first-order valence-electron chi connectivity index (χ1n) is 12.2. The number of fused-ring (bicyclic) bond motifs is 1. The van der Waals surface area contributed by atoms with Gasteiger partial charge in [0, 0.05) is 11.6 Å². The summed E-state index contributed by atoms with van der Waals surface area (Å²) in [6, 6.07) is 16.5. The van der Waals surface area contributed by atoms with E-state index < -0.39 is 6.04 Å². The minimum Gasteiger partial charge on any atom is -0.322 e. The highest BCUT2D eigenvalue weighted by Gasteiger charge is 2.47. The van der Waals surface area contributed by atoms with Crippen molar-refractivity contribution in [3.8, 4) is 10.6 Å². The highest BCUT2D eigenvalue weighted by molar-refractivity contribution is 7.21. The second-order valence-corrected chi connectivity index (χ2v) is 11.4. The van der Waals surface area contributed by atoms with Gasteiger partial charge in [-0.25, -0.2) is 9.88 Å². The van der Waals surface area contributed by atoms with Crippen molar-refractivity contribution in [3.05, 3.63) is 70.4 Å². The minimum absolute atomic E-state index is 0.00801. The lowest BCUT2D eigenvalue weighted by Crippen LogP contribution is -2.49. The lowest BCUT2D eigenvalue weighted by Gasteiger charge is -2.32. The van der Waals surface area contributed by atoms with Crippen LogP contribution in [0.4, 0.5) is 5.69 Å². The molecule has 1 unspecified atom stereocenters. The van der Waals surface area contributed by atoms with E-state index in [1.807, 2.05) is 35.7 Å². The van der Waals surface area contributed by atoms with Crippen LogP contribution in [-0.2, 0) is 9.59 Å². The fourth-order valence-electron chi connectivity index (χ4n) is 5.28. The molecular formula is C28H25N3O3S2. The van der Waals surface area contributed by atoms with Gasteiger partial charge in [-0.1, -0.05) is 25.0 Å². The van der Waals surface area contributed by atoms with Crippen molar-refractivity contribution in [2.75, 3.05) is 4.90 Å². The number of benzene rings is 2. The fraction of sp³-hybridized carbons (Fsp3) is 0.286. The molecule has 1 saturated carbocycles. The van der Waals surface area contributed by atoms with Crippen LogP contribution in [0.5, 0.6) is 0 Å². The topological polar surface area (TPSA) is 70.6 Å². The maximum Gasteiger partial charge on any atom is 0.264 e. The van der Waals surface area contributed by atoms with Gasteiger partial charge in [-0.15, -0.1) is 22.7 Å². The van der Waals surface area contributed by atoms with Crippen molar-refractivity contribution in [2.45, 2.75) is 51.1 Å². The molecule has 2 aliphatic rings. The van der Waals surface area contributed by atoms with Crippen molar-refractivity contribution in [1.82, 2.24) is 9.88 Å². The molecule has 3 heterocycles. The summed E-state index contributed by atoms with van der Waals surface area (Å²) in [5, 5.41) is 2.76. The van der Waals surface area contributed by atoms with E-state index in [-0.39, 0.29) is 30.2 Å². The molecule has 8 heteroatoms. The lowest BCUT2D eigenvalue weighted by molar-refractivity contribution is -0.123. The lowest BCUT2D eigenvalue weighted by atomic mass is 10.1. The van der Waals surface area contributed by atoms with Gasteiger partial charge < -0.3 is 4.90 Å². The van der Waals surface area contributed by atoms with Crippen molar-refractivity contribution >= 4 is 56.3 Å². The van der Waals surface area contributed by atoms with Gasteiger partial charge in [0.15, 0.2) is 0 Å². The summed E-state index contributed by atoms with van der Waals surface area (Å²) in [6.07, 6.45) is 3.82. The number of thiophene rings is 1. The Morgan fingerprint density at radius 2 is 1.83 bits per heavy atom. The molecular weight excluding hydrogens is 490 g/mol. The van der Waals surface area contributed by atoms with Crippen LogP contribution in [0.3, 0.4) is 0 Å². The van der Waals surface area contributed by atoms with E-state index in [9.17, 15) is 14.4 Å². The van der Waals surface area contributed by atoms with Crippen LogP contribution in [0.1, 0.15) is 47.3 Å². The van der Waals surface area contributed by atoms with Gasteiger partial charge in [0.25, 0.3) is 11.8 Å². The van der Waals surface area contributed by atoms with Gasteiger partial charge in [0.2, 0.25) is 5.91 Å². The Kier molecular flexibility index (Phi) is 5.93. The number of hydrogen-bond donors (Lipinski definition) is 0. The summed E-state index contributed by atoms with van der Waals surface area (Å²) in [5.74, 6) is -0.735. The number of rotatable bonds is 5. The molecule has 0 spiro atoms. The fourth-order valence-corrected chi connectivity index (χ4v) is 7.02. The summed E-state index contributed by atoms with van der Waals surface area (Å²) in [4.78, 5) is 48.4. The zero-order valence-electron chi connectivity index (χ0n) is 19.8. The molecule has 3 amide bonds. The van der Waals surface area contributed by atoms with Gasteiger partial charge in [-0.3, -0.25) is 14.4 Å². The van der Waals surface area contributed by atoms with E-state index in [4.69, 9.17) is 4.98 Å².